The Morgan fingerprint density at radius 2 is 2.19 bits per heavy atom. The van der Waals surface area contributed by atoms with E-state index >= 15 is 0 Å². The molecule has 114 valence electrons. The Morgan fingerprint density at radius 3 is 2.76 bits per heavy atom. The van der Waals surface area contributed by atoms with Gasteiger partial charge in [-0.25, -0.2) is 13.1 Å². The van der Waals surface area contributed by atoms with E-state index in [9.17, 15) is 13.5 Å². The highest BCUT2D eigenvalue weighted by Crippen LogP contribution is 2.20. The van der Waals surface area contributed by atoms with Crippen molar-refractivity contribution in [1.82, 2.24) is 25.3 Å². The summed E-state index contributed by atoms with van der Waals surface area (Å²) in [6.45, 7) is 3.28. The van der Waals surface area contributed by atoms with Gasteiger partial charge >= 0.3 is 0 Å². The number of aliphatic hydroxyl groups excluding tert-OH is 1. The molecule has 8 nitrogen and oxygen atoms in total. The molecular formula is C12H17N5O3S. The maximum Gasteiger partial charge on any atom is 0.241 e. The van der Waals surface area contributed by atoms with Gasteiger partial charge in [-0.05, 0) is 30.5 Å². The van der Waals surface area contributed by atoms with Gasteiger partial charge in [-0.3, -0.25) is 0 Å². The highest BCUT2D eigenvalue weighted by atomic mass is 32.2. The number of tetrazole rings is 1. The SMILES string of the molecule is CCc1ccc(CO)cc1S(=O)(=O)NC(C)c1nn[nH]n1. The number of aromatic amines is 1. The summed E-state index contributed by atoms with van der Waals surface area (Å²) in [5.41, 5.74) is 1.22. The van der Waals surface area contributed by atoms with E-state index in [1.165, 1.54) is 6.07 Å². The highest BCUT2D eigenvalue weighted by molar-refractivity contribution is 7.89. The van der Waals surface area contributed by atoms with Crippen LogP contribution in [0.4, 0.5) is 0 Å². The van der Waals surface area contributed by atoms with Crippen molar-refractivity contribution in [3.05, 3.63) is 35.2 Å². The molecule has 0 saturated carbocycles. The number of aromatic nitrogens is 4. The third kappa shape index (κ3) is 3.43. The van der Waals surface area contributed by atoms with E-state index in [-0.39, 0.29) is 17.3 Å². The molecule has 1 unspecified atom stereocenters. The van der Waals surface area contributed by atoms with Gasteiger partial charge in [0.1, 0.15) is 0 Å². The minimum atomic E-state index is -3.74. The summed E-state index contributed by atoms with van der Waals surface area (Å²) < 4.78 is 27.5. The number of aryl methyl sites for hydroxylation is 1. The van der Waals surface area contributed by atoms with Crippen LogP contribution in [0.25, 0.3) is 0 Å². The summed E-state index contributed by atoms with van der Waals surface area (Å²) in [7, 11) is -3.74. The third-order valence-electron chi connectivity index (χ3n) is 3.07. The summed E-state index contributed by atoms with van der Waals surface area (Å²) in [4.78, 5) is 0.159. The highest BCUT2D eigenvalue weighted by Gasteiger charge is 2.23. The Morgan fingerprint density at radius 1 is 1.43 bits per heavy atom. The average Bonchev–Trinajstić information content (AvgIpc) is 3.00. The zero-order chi connectivity index (χ0) is 15.5. The summed E-state index contributed by atoms with van der Waals surface area (Å²) in [5, 5.41) is 22.4. The topological polar surface area (TPSA) is 121 Å². The first kappa shape index (κ1) is 15.5. The zero-order valence-electron chi connectivity index (χ0n) is 11.7. The van der Waals surface area contributed by atoms with Crippen molar-refractivity contribution in [2.24, 2.45) is 0 Å². The van der Waals surface area contributed by atoms with Crippen LogP contribution in [0.3, 0.4) is 0 Å². The minimum Gasteiger partial charge on any atom is -0.392 e. The molecule has 1 aromatic carbocycles. The molecule has 0 radical (unpaired) electrons. The number of aliphatic hydroxyl groups is 1. The second-order valence-corrected chi connectivity index (χ2v) is 6.25. The standard InChI is InChI=1S/C12H17N5O3S/c1-3-10-5-4-9(7-18)6-11(10)21(19,20)15-8(2)12-13-16-17-14-12/h4-6,8,15,18H,3,7H2,1-2H3,(H,13,14,16,17). The van der Waals surface area contributed by atoms with Crippen molar-refractivity contribution < 1.29 is 13.5 Å². The van der Waals surface area contributed by atoms with Gasteiger partial charge in [-0.2, -0.15) is 5.21 Å². The number of nitrogens with zero attached hydrogens (tertiary/aromatic N) is 3. The van der Waals surface area contributed by atoms with E-state index in [0.29, 0.717) is 17.5 Å². The molecule has 9 heteroatoms. The largest absolute Gasteiger partial charge is 0.392 e. The smallest absolute Gasteiger partial charge is 0.241 e. The first-order valence-corrected chi connectivity index (χ1v) is 7.94. The fourth-order valence-electron chi connectivity index (χ4n) is 1.94. The number of rotatable bonds is 6. The second kappa shape index (κ2) is 6.29. The molecule has 0 amide bonds. The number of sulfonamides is 1. The quantitative estimate of drug-likeness (QED) is 0.705. The first-order chi connectivity index (χ1) is 9.97. The number of nitrogens with one attached hydrogen (secondary N) is 2. The predicted octanol–water partition coefficient (Wildman–Crippen LogP) is 0.294. The molecule has 2 aromatic rings. The maximum absolute atomic E-state index is 12.5. The van der Waals surface area contributed by atoms with Crippen LogP contribution >= 0.6 is 0 Å². The molecular weight excluding hydrogens is 294 g/mol. The fourth-order valence-corrected chi connectivity index (χ4v) is 3.50. The van der Waals surface area contributed by atoms with Crippen LogP contribution < -0.4 is 4.72 Å². The molecule has 1 aromatic heterocycles. The van der Waals surface area contributed by atoms with Crippen molar-refractivity contribution >= 4 is 10.0 Å². The van der Waals surface area contributed by atoms with E-state index in [2.05, 4.69) is 25.3 Å². The van der Waals surface area contributed by atoms with E-state index < -0.39 is 16.1 Å². The van der Waals surface area contributed by atoms with Gasteiger partial charge in [0.25, 0.3) is 0 Å². The summed E-state index contributed by atoms with van der Waals surface area (Å²) in [6.07, 6.45) is 0.568. The lowest BCUT2D eigenvalue weighted by atomic mass is 10.1. The Labute approximate surface area is 122 Å². The second-order valence-electron chi connectivity index (χ2n) is 4.57. The van der Waals surface area contributed by atoms with E-state index in [0.717, 1.165) is 0 Å². The Bertz CT molecular complexity index is 700. The molecule has 3 N–H and O–H groups in total. The van der Waals surface area contributed by atoms with Crippen LogP contribution in [0.5, 0.6) is 0 Å². The molecule has 0 saturated heterocycles. The molecule has 0 fully saturated rings. The van der Waals surface area contributed by atoms with Crippen LogP contribution in [-0.4, -0.2) is 34.1 Å². The van der Waals surface area contributed by atoms with Crippen LogP contribution in [0.1, 0.15) is 36.8 Å². The molecule has 0 aliphatic heterocycles. The minimum absolute atomic E-state index is 0.159. The first-order valence-electron chi connectivity index (χ1n) is 6.46. The van der Waals surface area contributed by atoms with Crippen molar-refractivity contribution in [2.45, 2.75) is 37.8 Å². The number of benzene rings is 1. The molecule has 0 spiro atoms. The van der Waals surface area contributed by atoms with Gasteiger partial charge in [0.2, 0.25) is 10.0 Å². The maximum atomic E-state index is 12.5. The van der Waals surface area contributed by atoms with E-state index in [1.54, 1.807) is 19.1 Å². The predicted molar refractivity (Wildman–Crippen MR) is 74.7 cm³/mol. The zero-order valence-corrected chi connectivity index (χ0v) is 12.6. The molecule has 21 heavy (non-hydrogen) atoms. The van der Waals surface area contributed by atoms with Crippen LogP contribution in [-0.2, 0) is 23.1 Å². The molecule has 0 aliphatic carbocycles. The van der Waals surface area contributed by atoms with Crippen molar-refractivity contribution in [1.29, 1.82) is 0 Å². The number of hydrogen-bond donors (Lipinski definition) is 3. The summed E-state index contributed by atoms with van der Waals surface area (Å²) in [6, 6.07) is 4.28. The fraction of sp³-hybridized carbons (Fsp3) is 0.417. The van der Waals surface area contributed by atoms with Crippen LogP contribution in [0, 0.1) is 0 Å². The van der Waals surface area contributed by atoms with Crippen molar-refractivity contribution in [2.75, 3.05) is 0 Å². The van der Waals surface area contributed by atoms with Gasteiger partial charge in [0.05, 0.1) is 17.5 Å². The lowest BCUT2D eigenvalue weighted by Crippen LogP contribution is -2.28. The third-order valence-corrected chi connectivity index (χ3v) is 4.69. The molecule has 1 atom stereocenters. The summed E-state index contributed by atoms with van der Waals surface area (Å²) in [5.74, 6) is 0.259. The van der Waals surface area contributed by atoms with Gasteiger partial charge in [0.15, 0.2) is 5.82 Å². The summed E-state index contributed by atoms with van der Waals surface area (Å²) >= 11 is 0. The van der Waals surface area contributed by atoms with Gasteiger partial charge < -0.3 is 5.11 Å². The van der Waals surface area contributed by atoms with Crippen molar-refractivity contribution in [3.8, 4) is 0 Å². The van der Waals surface area contributed by atoms with Gasteiger partial charge in [-0.1, -0.05) is 24.3 Å². The monoisotopic (exact) mass is 311 g/mol. The Kier molecular flexibility index (Phi) is 4.66. The normalized spacial score (nSPS) is 13.3. The molecule has 0 aliphatic rings. The Hall–Kier alpha value is -1.84. The molecule has 0 bridgehead atoms. The average molecular weight is 311 g/mol. The van der Waals surface area contributed by atoms with Gasteiger partial charge in [0, 0.05) is 0 Å². The molecule has 2 rings (SSSR count). The van der Waals surface area contributed by atoms with E-state index in [4.69, 9.17) is 0 Å². The lowest BCUT2D eigenvalue weighted by molar-refractivity contribution is 0.281. The van der Waals surface area contributed by atoms with Crippen LogP contribution in [0.2, 0.25) is 0 Å². The Balaban J connectivity index is 2.34. The van der Waals surface area contributed by atoms with Gasteiger partial charge in [-0.15, -0.1) is 10.2 Å². The number of hydrogen-bond acceptors (Lipinski definition) is 6. The molecule has 1 heterocycles. The van der Waals surface area contributed by atoms with E-state index in [1.807, 2.05) is 6.92 Å². The number of H-pyrrole nitrogens is 1. The van der Waals surface area contributed by atoms with Crippen LogP contribution in [0.15, 0.2) is 23.1 Å². The van der Waals surface area contributed by atoms with Crippen molar-refractivity contribution in [3.63, 3.8) is 0 Å². The lowest BCUT2D eigenvalue weighted by Gasteiger charge is -2.14.